The van der Waals surface area contributed by atoms with E-state index in [1.807, 2.05) is 84.6 Å². The Labute approximate surface area is 187 Å². The lowest BCUT2D eigenvalue weighted by Gasteiger charge is -2.26. The molecule has 0 aliphatic carbocycles. The molecule has 3 aromatic carbocycles. The van der Waals surface area contributed by atoms with Crippen LogP contribution in [0.5, 0.6) is 0 Å². The van der Waals surface area contributed by atoms with Crippen molar-refractivity contribution in [2.75, 3.05) is 4.90 Å². The van der Waals surface area contributed by atoms with Crippen LogP contribution < -0.4 is 4.90 Å². The molecule has 4 nitrogen and oxygen atoms in total. The third-order valence-electron chi connectivity index (χ3n) is 5.38. The summed E-state index contributed by atoms with van der Waals surface area (Å²) in [5, 5.41) is 8.16. The topological polar surface area (TPSA) is 49.0 Å². The van der Waals surface area contributed by atoms with Gasteiger partial charge in [-0.15, -0.1) is 0 Å². The van der Waals surface area contributed by atoms with Gasteiger partial charge in [-0.1, -0.05) is 69.5 Å². The molecule has 0 saturated carbocycles. The largest absolute Gasteiger partial charge is 0.295 e. The van der Waals surface area contributed by atoms with Crippen LogP contribution in [0.15, 0.2) is 77.3 Å². The highest BCUT2D eigenvalue weighted by Gasteiger charge is 2.43. The number of benzene rings is 3. The third-order valence-corrected chi connectivity index (χ3v) is 6.16. The summed E-state index contributed by atoms with van der Waals surface area (Å²) in [6, 6.07) is 23.3. The molecule has 5 rings (SSSR count). The van der Waals surface area contributed by atoms with Crippen molar-refractivity contribution < 1.29 is 4.79 Å². The smallest absolute Gasteiger partial charge is 0.277 e. The molecule has 2 heterocycles. The summed E-state index contributed by atoms with van der Waals surface area (Å²) in [4.78, 5) is 15.3. The number of hydrogen-bond acceptors (Lipinski definition) is 2. The first-order chi connectivity index (χ1) is 14.5. The number of nitrogens with zero attached hydrogens (tertiary/aromatic N) is 2. The van der Waals surface area contributed by atoms with Gasteiger partial charge in [0.1, 0.15) is 5.69 Å². The number of H-pyrrole nitrogens is 1. The van der Waals surface area contributed by atoms with E-state index in [0.717, 1.165) is 38.1 Å². The van der Waals surface area contributed by atoms with Gasteiger partial charge in [0.05, 0.1) is 11.7 Å². The second kappa shape index (κ2) is 7.42. The molecule has 0 unspecified atom stereocenters. The summed E-state index contributed by atoms with van der Waals surface area (Å²) in [5.74, 6) is -0.0929. The molecule has 1 aliphatic rings. The second-order valence-electron chi connectivity index (χ2n) is 7.33. The lowest BCUT2D eigenvalue weighted by Crippen LogP contribution is -2.29. The van der Waals surface area contributed by atoms with Crippen LogP contribution in [0.25, 0.3) is 11.3 Å². The van der Waals surface area contributed by atoms with Crippen LogP contribution in [-0.2, 0) is 0 Å². The molecule has 1 amide bonds. The van der Waals surface area contributed by atoms with Crippen LogP contribution in [0.3, 0.4) is 0 Å². The summed E-state index contributed by atoms with van der Waals surface area (Å²) in [6.45, 7) is 2.03. The van der Waals surface area contributed by atoms with Gasteiger partial charge in [0.2, 0.25) is 0 Å². The highest BCUT2D eigenvalue weighted by molar-refractivity contribution is 9.10. The van der Waals surface area contributed by atoms with Crippen LogP contribution in [0.1, 0.15) is 33.2 Å². The summed E-state index contributed by atoms with van der Waals surface area (Å²) in [5.41, 5.74) is 6.10. The van der Waals surface area contributed by atoms with Crippen molar-refractivity contribution in [2.45, 2.75) is 13.0 Å². The minimum atomic E-state index is -0.301. The molecule has 0 spiro atoms. The first-order valence-electron chi connectivity index (χ1n) is 9.53. The van der Waals surface area contributed by atoms with E-state index in [1.165, 1.54) is 0 Å². The molecule has 0 saturated heterocycles. The van der Waals surface area contributed by atoms with Gasteiger partial charge in [0.25, 0.3) is 5.91 Å². The lowest BCUT2D eigenvalue weighted by atomic mass is 9.96. The van der Waals surface area contributed by atoms with E-state index < -0.39 is 0 Å². The van der Waals surface area contributed by atoms with Gasteiger partial charge in [-0.2, -0.15) is 5.10 Å². The van der Waals surface area contributed by atoms with Gasteiger partial charge in [-0.25, -0.2) is 0 Å². The van der Waals surface area contributed by atoms with Gasteiger partial charge < -0.3 is 0 Å². The van der Waals surface area contributed by atoms with Crippen molar-refractivity contribution in [1.29, 1.82) is 0 Å². The lowest BCUT2D eigenvalue weighted by molar-refractivity contribution is 0.0989. The molecule has 30 heavy (non-hydrogen) atoms. The van der Waals surface area contributed by atoms with Gasteiger partial charge >= 0.3 is 0 Å². The number of anilines is 1. The average molecular weight is 479 g/mol. The molecule has 1 atom stereocenters. The van der Waals surface area contributed by atoms with Gasteiger partial charge in [-0.05, 0) is 48.9 Å². The molecule has 6 heteroatoms. The molecule has 1 N–H and O–H groups in total. The maximum absolute atomic E-state index is 13.5. The van der Waals surface area contributed by atoms with Gasteiger partial charge in [0, 0.05) is 26.3 Å². The average Bonchev–Trinajstić information content (AvgIpc) is 3.29. The number of hydrogen-bond donors (Lipinski definition) is 1. The molecule has 4 aromatic rings. The molecular formula is C24H17BrClN3O. The Kier molecular flexibility index (Phi) is 4.72. The van der Waals surface area contributed by atoms with Crippen molar-refractivity contribution in [1.82, 2.24) is 10.2 Å². The minimum absolute atomic E-state index is 0.0929. The first kappa shape index (κ1) is 19.1. The van der Waals surface area contributed by atoms with Crippen LogP contribution in [-0.4, -0.2) is 16.1 Å². The van der Waals surface area contributed by atoms with E-state index in [0.29, 0.717) is 10.7 Å². The molecule has 0 fully saturated rings. The quantitative estimate of drug-likeness (QED) is 0.363. The van der Waals surface area contributed by atoms with Crippen molar-refractivity contribution in [3.8, 4) is 11.3 Å². The normalized spacial score (nSPS) is 15.5. The second-order valence-corrected chi connectivity index (χ2v) is 8.68. The Balaban J connectivity index is 1.71. The zero-order valence-corrected chi connectivity index (χ0v) is 18.4. The molecule has 0 radical (unpaired) electrons. The fraction of sp³-hybridized carbons (Fsp3) is 0.0833. The fourth-order valence-electron chi connectivity index (χ4n) is 3.91. The first-order valence-corrected chi connectivity index (χ1v) is 10.7. The Morgan fingerprint density at radius 2 is 1.63 bits per heavy atom. The number of rotatable bonds is 3. The molecule has 1 aliphatic heterocycles. The fourth-order valence-corrected chi connectivity index (χ4v) is 4.30. The summed E-state index contributed by atoms with van der Waals surface area (Å²) >= 11 is 9.61. The Morgan fingerprint density at radius 3 is 2.30 bits per heavy atom. The number of aromatic amines is 1. The van der Waals surface area contributed by atoms with Crippen LogP contribution in [0, 0.1) is 6.92 Å². The van der Waals surface area contributed by atoms with Crippen molar-refractivity contribution in [3.63, 3.8) is 0 Å². The van der Waals surface area contributed by atoms with E-state index in [1.54, 1.807) is 0 Å². The number of carbonyl (C=O) groups excluding carboxylic acids is 1. The Morgan fingerprint density at radius 1 is 0.967 bits per heavy atom. The number of aromatic nitrogens is 2. The van der Waals surface area contributed by atoms with Crippen molar-refractivity contribution >= 4 is 39.1 Å². The molecule has 0 bridgehead atoms. The minimum Gasteiger partial charge on any atom is -0.295 e. The van der Waals surface area contributed by atoms with E-state index in [4.69, 9.17) is 11.6 Å². The number of carbonyl (C=O) groups is 1. The molecular weight excluding hydrogens is 462 g/mol. The molecule has 1 aromatic heterocycles. The maximum Gasteiger partial charge on any atom is 0.277 e. The van der Waals surface area contributed by atoms with E-state index >= 15 is 0 Å². The van der Waals surface area contributed by atoms with Crippen LogP contribution >= 0.6 is 27.5 Å². The highest BCUT2D eigenvalue weighted by atomic mass is 79.9. The number of fused-ring (bicyclic) bond motifs is 1. The Bertz CT molecular complexity index is 1230. The van der Waals surface area contributed by atoms with Crippen LogP contribution in [0.2, 0.25) is 5.02 Å². The van der Waals surface area contributed by atoms with E-state index in [-0.39, 0.29) is 11.9 Å². The number of halogens is 2. The highest BCUT2D eigenvalue weighted by Crippen LogP contribution is 2.45. The SMILES string of the molecule is Cc1ccc(N2C(=O)c3[nH]nc(-c4ccc(Br)cc4)c3[C@H]2c2ccc(Cl)cc2)cc1. The Hall–Kier alpha value is -2.89. The van der Waals surface area contributed by atoms with E-state index in [9.17, 15) is 4.79 Å². The monoisotopic (exact) mass is 477 g/mol. The van der Waals surface area contributed by atoms with Gasteiger partial charge in [-0.3, -0.25) is 14.8 Å². The van der Waals surface area contributed by atoms with Crippen molar-refractivity contribution in [2.24, 2.45) is 0 Å². The van der Waals surface area contributed by atoms with Crippen molar-refractivity contribution in [3.05, 3.63) is 105 Å². The number of amides is 1. The third kappa shape index (κ3) is 3.15. The summed E-state index contributed by atoms with van der Waals surface area (Å²) in [7, 11) is 0. The van der Waals surface area contributed by atoms with E-state index in [2.05, 4.69) is 26.1 Å². The molecule has 148 valence electrons. The predicted molar refractivity (Wildman–Crippen MR) is 123 cm³/mol. The number of nitrogens with one attached hydrogen (secondary N) is 1. The zero-order chi connectivity index (χ0) is 20.8. The summed E-state index contributed by atoms with van der Waals surface area (Å²) in [6.07, 6.45) is 0. The maximum atomic E-state index is 13.5. The van der Waals surface area contributed by atoms with Gasteiger partial charge in [0.15, 0.2) is 0 Å². The predicted octanol–water partition coefficient (Wildman–Crippen LogP) is 6.55. The zero-order valence-electron chi connectivity index (χ0n) is 16.1. The standard InChI is InChI=1S/C24H17BrClN3O/c1-14-2-12-19(13-3-14)29-23(16-6-10-18(26)11-7-16)20-21(27-28-22(20)24(29)30)15-4-8-17(25)9-5-15/h2-13,23H,1H3,(H,27,28)/t23-/m1/s1. The number of aryl methyl sites for hydroxylation is 1. The van der Waals surface area contributed by atoms with Crippen LogP contribution in [0.4, 0.5) is 5.69 Å². The summed E-state index contributed by atoms with van der Waals surface area (Å²) < 4.78 is 0.991.